The van der Waals surface area contributed by atoms with Crippen molar-refractivity contribution in [2.75, 3.05) is 33.2 Å². The number of aryl methyl sites for hydroxylation is 1. The standard InChI is InChI=1S/C12H22N4/c1-15-7-3-12(10-15)9-13-4-2-6-16-8-5-14-11-16/h5,8,11-13H,2-4,6-7,9-10H2,1H3. The average Bonchev–Trinajstić information content (AvgIpc) is 2.89. The van der Waals surface area contributed by atoms with Crippen molar-refractivity contribution in [3.8, 4) is 0 Å². The molecule has 2 rings (SSSR count). The molecule has 0 saturated carbocycles. The summed E-state index contributed by atoms with van der Waals surface area (Å²) in [5.74, 6) is 0.859. The van der Waals surface area contributed by atoms with Gasteiger partial charge in [-0.25, -0.2) is 4.98 Å². The van der Waals surface area contributed by atoms with Gasteiger partial charge < -0.3 is 14.8 Å². The summed E-state index contributed by atoms with van der Waals surface area (Å²) in [6, 6.07) is 0. The molecule has 4 nitrogen and oxygen atoms in total. The third-order valence-corrected chi connectivity index (χ3v) is 3.25. The van der Waals surface area contributed by atoms with Crippen LogP contribution in [0, 0.1) is 5.92 Å². The van der Waals surface area contributed by atoms with Crippen molar-refractivity contribution in [1.82, 2.24) is 19.8 Å². The number of likely N-dealkylation sites (tertiary alicyclic amines) is 1. The van der Waals surface area contributed by atoms with Crippen molar-refractivity contribution in [3.63, 3.8) is 0 Å². The van der Waals surface area contributed by atoms with Crippen molar-refractivity contribution in [2.45, 2.75) is 19.4 Å². The molecule has 1 aliphatic rings. The van der Waals surface area contributed by atoms with Gasteiger partial charge in [0, 0.05) is 25.5 Å². The van der Waals surface area contributed by atoms with Gasteiger partial charge in [0.15, 0.2) is 0 Å². The first-order chi connectivity index (χ1) is 7.84. The number of aromatic nitrogens is 2. The second-order valence-electron chi connectivity index (χ2n) is 4.78. The summed E-state index contributed by atoms with van der Waals surface area (Å²) in [6.45, 7) is 5.88. The van der Waals surface area contributed by atoms with Crippen molar-refractivity contribution >= 4 is 0 Å². The highest BCUT2D eigenvalue weighted by atomic mass is 15.1. The molecule has 2 heterocycles. The van der Waals surface area contributed by atoms with E-state index in [1.807, 2.05) is 18.7 Å². The molecule has 16 heavy (non-hydrogen) atoms. The number of nitrogens with zero attached hydrogens (tertiary/aromatic N) is 3. The van der Waals surface area contributed by atoms with E-state index in [2.05, 4.69) is 26.8 Å². The molecule has 1 aliphatic heterocycles. The number of rotatable bonds is 6. The van der Waals surface area contributed by atoms with Gasteiger partial charge in [0.2, 0.25) is 0 Å². The van der Waals surface area contributed by atoms with Crippen molar-refractivity contribution in [1.29, 1.82) is 0 Å². The van der Waals surface area contributed by atoms with Crippen LogP contribution in [0.1, 0.15) is 12.8 Å². The summed E-state index contributed by atoms with van der Waals surface area (Å²) in [7, 11) is 2.21. The molecule has 1 aromatic rings. The second kappa shape index (κ2) is 6.01. The largest absolute Gasteiger partial charge is 0.337 e. The summed E-state index contributed by atoms with van der Waals surface area (Å²) in [6.07, 6.45) is 8.27. The molecule has 1 fully saturated rings. The Morgan fingerprint density at radius 1 is 1.50 bits per heavy atom. The first kappa shape index (κ1) is 11.6. The third-order valence-electron chi connectivity index (χ3n) is 3.25. The van der Waals surface area contributed by atoms with Gasteiger partial charge in [-0.1, -0.05) is 0 Å². The lowest BCUT2D eigenvalue weighted by Gasteiger charge is -2.11. The van der Waals surface area contributed by atoms with Crippen molar-refractivity contribution in [3.05, 3.63) is 18.7 Å². The Morgan fingerprint density at radius 3 is 3.12 bits per heavy atom. The maximum absolute atomic E-state index is 4.03. The molecule has 0 bridgehead atoms. The number of hydrogen-bond donors (Lipinski definition) is 1. The van der Waals surface area contributed by atoms with Crippen LogP contribution in [0.25, 0.3) is 0 Å². The predicted octanol–water partition coefficient (Wildman–Crippen LogP) is 0.814. The van der Waals surface area contributed by atoms with E-state index in [-0.39, 0.29) is 0 Å². The smallest absolute Gasteiger partial charge is 0.0945 e. The summed E-state index contributed by atoms with van der Waals surface area (Å²) >= 11 is 0. The van der Waals surface area contributed by atoms with E-state index in [9.17, 15) is 0 Å². The van der Waals surface area contributed by atoms with Crippen molar-refractivity contribution < 1.29 is 0 Å². The number of hydrogen-bond acceptors (Lipinski definition) is 3. The summed E-state index contributed by atoms with van der Waals surface area (Å²) in [5.41, 5.74) is 0. The van der Waals surface area contributed by atoms with Gasteiger partial charge in [-0.15, -0.1) is 0 Å². The molecule has 0 amide bonds. The van der Waals surface area contributed by atoms with Crippen LogP contribution in [0.15, 0.2) is 18.7 Å². The van der Waals surface area contributed by atoms with E-state index in [1.54, 1.807) is 0 Å². The van der Waals surface area contributed by atoms with Gasteiger partial charge in [-0.2, -0.15) is 0 Å². The van der Waals surface area contributed by atoms with E-state index >= 15 is 0 Å². The van der Waals surface area contributed by atoms with E-state index in [0.29, 0.717) is 0 Å². The summed E-state index contributed by atoms with van der Waals surface area (Å²) in [4.78, 5) is 6.44. The average molecular weight is 222 g/mol. The maximum Gasteiger partial charge on any atom is 0.0945 e. The Balaban J connectivity index is 1.49. The Hall–Kier alpha value is -0.870. The van der Waals surface area contributed by atoms with Crippen molar-refractivity contribution in [2.24, 2.45) is 5.92 Å². The third kappa shape index (κ3) is 3.61. The Morgan fingerprint density at radius 2 is 2.44 bits per heavy atom. The summed E-state index contributed by atoms with van der Waals surface area (Å²) < 4.78 is 2.13. The SMILES string of the molecule is CN1CCC(CNCCCn2ccnc2)C1. The minimum absolute atomic E-state index is 0.859. The van der Waals surface area contributed by atoms with Gasteiger partial charge in [0.05, 0.1) is 6.33 Å². The zero-order chi connectivity index (χ0) is 11.2. The molecule has 90 valence electrons. The minimum Gasteiger partial charge on any atom is -0.337 e. The fourth-order valence-electron chi connectivity index (χ4n) is 2.30. The first-order valence-electron chi connectivity index (χ1n) is 6.19. The number of imidazole rings is 1. The van der Waals surface area contributed by atoms with E-state index in [1.165, 1.54) is 32.5 Å². The van der Waals surface area contributed by atoms with E-state index in [0.717, 1.165) is 19.0 Å². The fourth-order valence-corrected chi connectivity index (χ4v) is 2.30. The van der Waals surface area contributed by atoms with Crippen LogP contribution in [0.4, 0.5) is 0 Å². The Kier molecular flexibility index (Phi) is 4.36. The minimum atomic E-state index is 0.859. The fraction of sp³-hybridized carbons (Fsp3) is 0.750. The van der Waals surface area contributed by atoms with Crippen LogP contribution in [0.2, 0.25) is 0 Å². The molecule has 1 unspecified atom stereocenters. The van der Waals surface area contributed by atoms with Crippen LogP contribution in [-0.4, -0.2) is 47.7 Å². The van der Waals surface area contributed by atoms with Crippen LogP contribution in [0.5, 0.6) is 0 Å². The molecule has 4 heteroatoms. The molecular formula is C12H22N4. The second-order valence-corrected chi connectivity index (χ2v) is 4.78. The molecule has 0 radical (unpaired) electrons. The monoisotopic (exact) mass is 222 g/mol. The normalized spacial score (nSPS) is 21.7. The lowest BCUT2D eigenvalue weighted by Crippen LogP contribution is -2.26. The van der Waals surface area contributed by atoms with Crippen LogP contribution in [-0.2, 0) is 6.54 Å². The molecule has 0 spiro atoms. The number of nitrogens with one attached hydrogen (secondary N) is 1. The first-order valence-corrected chi connectivity index (χ1v) is 6.19. The molecule has 0 aliphatic carbocycles. The van der Waals surface area contributed by atoms with Crippen LogP contribution >= 0.6 is 0 Å². The molecular weight excluding hydrogens is 200 g/mol. The van der Waals surface area contributed by atoms with Crippen LogP contribution in [0.3, 0.4) is 0 Å². The zero-order valence-corrected chi connectivity index (χ0v) is 10.1. The lowest BCUT2D eigenvalue weighted by molar-refractivity contribution is 0.387. The topological polar surface area (TPSA) is 33.1 Å². The highest BCUT2D eigenvalue weighted by molar-refractivity contribution is 4.75. The molecule has 0 aromatic carbocycles. The lowest BCUT2D eigenvalue weighted by atomic mass is 10.1. The summed E-state index contributed by atoms with van der Waals surface area (Å²) in [5, 5.41) is 3.55. The quantitative estimate of drug-likeness (QED) is 0.723. The molecule has 1 N–H and O–H groups in total. The van der Waals surface area contributed by atoms with Gasteiger partial charge >= 0.3 is 0 Å². The van der Waals surface area contributed by atoms with E-state index in [4.69, 9.17) is 0 Å². The molecule has 1 atom stereocenters. The maximum atomic E-state index is 4.03. The molecule has 1 saturated heterocycles. The highest BCUT2D eigenvalue weighted by Crippen LogP contribution is 2.12. The Bertz CT molecular complexity index is 283. The predicted molar refractivity (Wildman–Crippen MR) is 65.3 cm³/mol. The van der Waals surface area contributed by atoms with E-state index < -0.39 is 0 Å². The highest BCUT2D eigenvalue weighted by Gasteiger charge is 2.18. The zero-order valence-electron chi connectivity index (χ0n) is 10.1. The van der Waals surface area contributed by atoms with Gasteiger partial charge in [-0.05, 0) is 45.4 Å². The molecule has 1 aromatic heterocycles. The van der Waals surface area contributed by atoms with Gasteiger partial charge in [-0.3, -0.25) is 0 Å². The van der Waals surface area contributed by atoms with Gasteiger partial charge in [0.1, 0.15) is 0 Å². The van der Waals surface area contributed by atoms with Gasteiger partial charge in [0.25, 0.3) is 0 Å². The Labute approximate surface area is 97.7 Å². The van der Waals surface area contributed by atoms with Crippen LogP contribution < -0.4 is 5.32 Å².